The maximum Gasteiger partial charge on any atom is 0.258 e. The van der Waals surface area contributed by atoms with Crippen LogP contribution in [0, 0.1) is 0 Å². The van der Waals surface area contributed by atoms with E-state index in [4.69, 9.17) is 25.9 Å². The van der Waals surface area contributed by atoms with Crippen LogP contribution < -0.4 is 36.6 Å². The molecule has 0 fully saturated rings. The summed E-state index contributed by atoms with van der Waals surface area (Å²) in [4.78, 5) is 12.1. The van der Waals surface area contributed by atoms with E-state index in [0.717, 1.165) is 16.4 Å². The van der Waals surface area contributed by atoms with Gasteiger partial charge in [-0.05, 0) is 0 Å². The highest BCUT2D eigenvalue weighted by atomic mass is 32.2. The number of amides is 1. The number of nitrogen functional groups attached to an aromatic ring is 2. The van der Waals surface area contributed by atoms with Crippen LogP contribution in [0.5, 0.6) is 17.2 Å². The molecule has 0 aliphatic rings. The number of ether oxygens (including phenoxy) is 3. The van der Waals surface area contributed by atoms with Gasteiger partial charge in [0.15, 0.2) is 11.5 Å². The first-order chi connectivity index (χ1) is 12.0. The number of hydrogen-bond acceptors (Lipinski definition) is 10. The highest BCUT2D eigenvalue weighted by Crippen LogP contribution is 2.39. The van der Waals surface area contributed by atoms with E-state index in [1.165, 1.54) is 21.3 Å². The lowest BCUT2D eigenvalue weighted by atomic mass is 10.2. The summed E-state index contributed by atoms with van der Waals surface area (Å²) in [5, 5.41) is 10.6. The second-order valence-corrected chi connectivity index (χ2v) is 5.51. The summed E-state index contributed by atoms with van der Waals surface area (Å²) in [7, 11) is 4.49. The van der Waals surface area contributed by atoms with Crippen molar-refractivity contribution in [2.45, 2.75) is 5.16 Å². The smallest absolute Gasteiger partial charge is 0.258 e. The number of nitrogens with zero attached hydrogens (tertiary/aromatic N) is 3. The minimum Gasteiger partial charge on any atom is -0.493 e. The van der Waals surface area contributed by atoms with Gasteiger partial charge in [-0.15, -0.1) is 10.2 Å². The van der Waals surface area contributed by atoms with Crippen molar-refractivity contribution in [1.29, 1.82) is 0 Å². The van der Waals surface area contributed by atoms with E-state index in [-0.39, 0.29) is 17.6 Å². The highest BCUT2D eigenvalue weighted by Gasteiger charge is 2.15. The number of hydrogen-bond donors (Lipinski definition) is 4. The fraction of sp³-hybridized carbons (Fsp3) is 0.308. The van der Waals surface area contributed by atoms with Crippen molar-refractivity contribution in [3.8, 4) is 17.2 Å². The first-order valence-electron chi connectivity index (χ1n) is 6.93. The zero-order valence-electron chi connectivity index (χ0n) is 13.9. The van der Waals surface area contributed by atoms with E-state index < -0.39 is 0 Å². The summed E-state index contributed by atoms with van der Waals surface area (Å²) >= 11 is 1.11. The Morgan fingerprint density at radius 2 is 1.84 bits per heavy atom. The largest absolute Gasteiger partial charge is 0.493 e. The average Bonchev–Trinajstić information content (AvgIpc) is 2.98. The Hall–Kier alpha value is -2.86. The van der Waals surface area contributed by atoms with Crippen molar-refractivity contribution in [2.75, 3.05) is 43.7 Å². The van der Waals surface area contributed by atoms with Gasteiger partial charge in [0.25, 0.3) is 5.95 Å². The van der Waals surface area contributed by atoms with Gasteiger partial charge in [0.05, 0.1) is 27.1 Å². The number of methoxy groups -OCH3 is 3. The molecule has 0 aliphatic carbocycles. The van der Waals surface area contributed by atoms with Gasteiger partial charge < -0.3 is 25.4 Å². The highest BCUT2D eigenvalue weighted by molar-refractivity contribution is 7.99. The molecule has 0 aliphatic heterocycles. The number of anilines is 2. The van der Waals surface area contributed by atoms with Crippen LogP contribution in [0.2, 0.25) is 0 Å². The Morgan fingerprint density at radius 1 is 1.20 bits per heavy atom. The van der Waals surface area contributed by atoms with Gasteiger partial charge in [0.1, 0.15) is 0 Å². The lowest BCUT2D eigenvalue weighted by Crippen LogP contribution is -2.19. The molecule has 1 heterocycles. The fourth-order valence-corrected chi connectivity index (χ4v) is 2.61. The predicted molar refractivity (Wildman–Crippen MR) is 93.4 cm³/mol. The molecule has 25 heavy (non-hydrogen) atoms. The lowest BCUT2D eigenvalue weighted by molar-refractivity contribution is -0.113. The van der Waals surface area contributed by atoms with E-state index >= 15 is 0 Å². The first-order valence-corrected chi connectivity index (χ1v) is 7.92. The van der Waals surface area contributed by atoms with Crippen molar-refractivity contribution in [2.24, 2.45) is 5.84 Å². The molecule has 6 N–H and O–H groups in total. The number of nitrogens with two attached hydrogens (primary N) is 2. The van der Waals surface area contributed by atoms with Gasteiger partial charge in [0, 0.05) is 17.8 Å². The molecule has 2 aromatic rings. The molecular weight excluding hydrogens is 350 g/mol. The molecular formula is C13H19N7O4S. The molecule has 136 valence electrons. The summed E-state index contributed by atoms with van der Waals surface area (Å²) in [6.07, 6.45) is 0. The Morgan fingerprint density at radius 3 is 2.32 bits per heavy atom. The van der Waals surface area contributed by atoms with Crippen molar-refractivity contribution in [3.63, 3.8) is 0 Å². The van der Waals surface area contributed by atoms with E-state index in [2.05, 4.69) is 20.9 Å². The quantitative estimate of drug-likeness (QED) is 0.285. The van der Waals surface area contributed by atoms with E-state index in [1.54, 1.807) is 12.1 Å². The van der Waals surface area contributed by atoms with Crippen LogP contribution >= 0.6 is 11.8 Å². The molecule has 0 atom stereocenters. The molecule has 0 saturated carbocycles. The summed E-state index contributed by atoms with van der Waals surface area (Å²) in [6, 6.07) is 3.26. The summed E-state index contributed by atoms with van der Waals surface area (Å²) < 4.78 is 16.9. The molecule has 1 aromatic carbocycles. The number of carbonyl (C=O) groups is 1. The number of carbonyl (C=O) groups excluding carboxylic acids is 1. The third kappa shape index (κ3) is 4.16. The first kappa shape index (κ1) is 18.5. The van der Waals surface area contributed by atoms with Gasteiger partial charge in [-0.3, -0.25) is 10.2 Å². The van der Waals surface area contributed by atoms with E-state index in [0.29, 0.717) is 28.1 Å². The van der Waals surface area contributed by atoms with Gasteiger partial charge >= 0.3 is 0 Å². The summed E-state index contributed by atoms with van der Waals surface area (Å²) in [5.41, 5.74) is 2.79. The molecule has 12 heteroatoms. The number of nitrogens with one attached hydrogen (secondary N) is 2. The number of hydrazine groups is 1. The van der Waals surface area contributed by atoms with Crippen molar-refractivity contribution < 1.29 is 19.0 Å². The summed E-state index contributed by atoms with van der Waals surface area (Å²) in [6.45, 7) is 0. The standard InChI is InChI=1S/C13H19N7O4S/c1-22-8-4-7(5-9(23-2)11(8)24-3)16-10(21)6-25-13-19-18-12(17-14)20(13)15/h4-5H,6,14-15H2,1-3H3,(H,16,21)(H,17,18). The molecule has 0 unspecified atom stereocenters. The van der Waals surface area contributed by atoms with Gasteiger partial charge in [-0.1, -0.05) is 11.8 Å². The van der Waals surface area contributed by atoms with Gasteiger partial charge in [-0.25, -0.2) is 10.5 Å². The molecule has 0 spiro atoms. The molecule has 1 amide bonds. The lowest BCUT2D eigenvalue weighted by Gasteiger charge is -2.14. The van der Waals surface area contributed by atoms with Crippen molar-refractivity contribution >= 4 is 29.3 Å². The SMILES string of the molecule is COc1cc(NC(=O)CSc2nnc(NN)n2N)cc(OC)c1OC. The molecule has 0 bridgehead atoms. The zero-order valence-corrected chi connectivity index (χ0v) is 14.7. The molecule has 0 saturated heterocycles. The number of aromatic nitrogens is 3. The Labute approximate surface area is 147 Å². The minimum absolute atomic E-state index is 0.0660. The Balaban J connectivity index is 2.06. The van der Waals surface area contributed by atoms with Crippen LogP contribution in [-0.2, 0) is 4.79 Å². The van der Waals surface area contributed by atoms with Crippen LogP contribution in [0.3, 0.4) is 0 Å². The molecule has 2 rings (SSSR count). The van der Waals surface area contributed by atoms with Crippen LogP contribution in [0.1, 0.15) is 0 Å². The van der Waals surface area contributed by atoms with Crippen LogP contribution in [0.25, 0.3) is 0 Å². The van der Waals surface area contributed by atoms with Crippen LogP contribution in [0.15, 0.2) is 17.3 Å². The fourth-order valence-electron chi connectivity index (χ4n) is 1.95. The summed E-state index contributed by atoms with van der Waals surface area (Å²) in [5.74, 6) is 12.2. The van der Waals surface area contributed by atoms with E-state index in [1.807, 2.05) is 0 Å². The predicted octanol–water partition coefficient (Wildman–Crippen LogP) is 0.0341. The molecule has 0 radical (unpaired) electrons. The Kier molecular flexibility index (Phi) is 6.14. The normalized spacial score (nSPS) is 10.2. The third-order valence-electron chi connectivity index (χ3n) is 3.07. The number of rotatable bonds is 8. The maximum absolute atomic E-state index is 12.1. The van der Waals surface area contributed by atoms with Crippen LogP contribution in [0.4, 0.5) is 11.6 Å². The minimum atomic E-state index is -0.274. The second kappa shape index (κ2) is 8.30. The van der Waals surface area contributed by atoms with Crippen molar-refractivity contribution in [3.05, 3.63) is 12.1 Å². The number of thioether (sulfide) groups is 1. The second-order valence-electron chi connectivity index (χ2n) is 4.57. The van der Waals surface area contributed by atoms with Gasteiger partial charge in [0.2, 0.25) is 16.8 Å². The topological polar surface area (TPSA) is 152 Å². The Bertz CT molecular complexity index is 727. The average molecular weight is 369 g/mol. The zero-order chi connectivity index (χ0) is 18.4. The molecule has 1 aromatic heterocycles. The number of benzene rings is 1. The molecule has 11 nitrogen and oxygen atoms in total. The third-order valence-corrected chi connectivity index (χ3v) is 4.02. The monoisotopic (exact) mass is 369 g/mol. The van der Waals surface area contributed by atoms with E-state index in [9.17, 15) is 4.79 Å². The van der Waals surface area contributed by atoms with Gasteiger partial charge in [-0.2, -0.15) is 0 Å². The van der Waals surface area contributed by atoms with Crippen molar-refractivity contribution in [1.82, 2.24) is 14.9 Å². The van der Waals surface area contributed by atoms with Crippen LogP contribution in [-0.4, -0.2) is 47.9 Å². The maximum atomic E-state index is 12.1.